The quantitative estimate of drug-likeness (QED) is 0.670. The molecule has 0 saturated heterocycles. The maximum atomic E-state index is 6.09. The zero-order valence-corrected chi connectivity index (χ0v) is 13.5. The molecule has 1 unspecified atom stereocenters. The second kappa shape index (κ2) is 10.0. The molecule has 0 amide bonds. The minimum atomic E-state index is 0.587. The van der Waals surface area contributed by atoms with E-state index in [0.717, 1.165) is 36.9 Å². The van der Waals surface area contributed by atoms with Crippen molar-refractivity contribution in [3.63, 3.8) is 0 Å². The van der Waals surface area contributed by atoms with Crippen molar-refractivity contribution in [3.8, 4) is 5.75 Å². The van der Waals surface area contributed by atoms with E-state index < -0.39 is 0 Å². The number of ether oxygens (including phenoxy) is 2. The van der Waals surface area contributed by atoms with Gasteiger partial charge in [0.05, 0.1) is 13.7 Å². The van der Waals surface area contributed by atoms with Gasteiger partial charge in [0.15, 0.2) is 0 Å². The summed E-state index contributed by atoms with van der Waals surface area (Å²) >= 11 is 6.09. The molecular weight excluding hydrogens is 274 g/mol. The van der Waals surface area contributed by atoms with Gasteiger partial charge in [0.1, 0.15) is 5.75 Å². The Morgan fingerprint density at radius 3 is 2.75 bits per heavy atom. The van der Waals surface area contributed by atoms with E-state index in [1.807, 2.05) is 18.2 Å². The predicted molar refractivity (Wildman–Crippen MR) is 84.9 cm³/mol. The van der Waals surface area contributed by atoms with Crippen LogP contribution < -0.4 is 10.1 Å². The van der Waals surface area contributed by atoms with Gasteiger partial charge < -0.3 is 14.8 Å². The van der Waals surface area contributed by atoms with Gasteiger partial charge in [-0.2, -0.15) is 0 Å². The third kappa shape index (κ3) is 6.12. The number of halogens is 1. The number of rotatable bonds is 10. The molecular formula is C16H26ClNO2. The lowest BCUT2D eigenvalue weighted by molar-refractivity contribution is 0.197. The molecule has 1 N–H and O–H groups in total. The highest BCUT2D eigenvalue weighted by Crippen LogP contribution is 2.26. The van der Waals surface area contributed by atoms with Crippen molar-refractivity contribution < 1.29 is 9.47 Å². The van der Waals surface area contributed by atoms with Crippen LogP contribution in [0, 0.1) is 5.92 Å². The van der Waals surface area contributed by atoms with Gasteiger partial charge in [0.2, 0.25) is 0 Å². The molecule has 1 rings (SSSR count). The SMILES string of the molecule is CCCC(CNCCOC)Cc1cc(Cl)ccc1OC. The molecule has 0 aliphatic heterocycles. The zero-order chi connectivity index (χ0) is 14.8. The van der Waals surface area contributed by atoms with Crippen molar-refractivity contribution in [1.29, 1.82) is 0 Å². The molecule has 1 atom stereocenters. The standard InChI is InChI=1S/C16H26ClNO2/c1-4-5-13(12-18-8-9-19-2)10-14-11-15(17)6-7-16(14)20-3/h6-7,11,13,18H,4-5,8-10,12H2,1-3H3. The van der Waals surface area contributed by atoms with Crippen molar-refractivity contribution in [2.45, 2.75) is 26.2 Å². The summed E-state index contributed by atoms with van der Waals surface area (Å²) in [5, 5.41) is 4.21. The Morgan fingerprint density at radius 1 is 1.30 bits per heavy atom. The Balaban J connectivity index is 2.61. The van der Waals surface area contributed by atoms with E-state index in [0.29, 0.717) is 5.92 Å². The summed E-state index contributed by atoms with van der Waals surface area (Å²) in [6.45, 7) is 4.85. The van der Waals surface area contributed by atoms with Crippen LogP contribution in [0.3, 0.4) is 0 Å². The Bertz CT molecular complexity index is 385. The second-order valence-electron chi connectivity index (χ2n) is 5.01. The summed E-state index contributed by atoms with van der Waals surface area (Å²) in [7, 11) is 3.43. The molecule has 20 heavy (non-hydrogen) atoms. The van der Waals surface area contributed by atoms with E-state index >= 15 is 0 Å². The first-order valence-electron chi connectivity index (χ1n) is 7.23. The van der Waals surface area contributed by atoms with E-state index in [2.05, 4.69) is 12.2 Å². The molecule has 0 aliphatic carbocycles. The number of benzene rings is 1. The smallest absolute Gasteiger partial charge is 0.122 e. The van der Waals surface area contributed by atoms with Gasteiger partial charge in [0, 0.05) is 18.7 Å². The lowest BCUT2D eigenvalue weighted by Gasteiger charge is -2.18. The molecule has 1 aromatic carbocycles. The van der Waals surface area contributed by atoms with Crippen LogP contribution in [0.25, 0.3) is 0 Å². The highest BCUT2D eigenvalue weighted by atomic mass is 35.5. The average Bonchev–Trinajstić information content (AvgIpc) is 2.44. The normalized spacial score (nSPS) is 12.4. The van der Waals surface area contributed by atoms with Crippen LogP contribution in [-0.2, 0) is 11.2 Å². The van der Waals surface area contributed by atoms with E-state index in [4.69, 9.17) is 21.1 Å². The molecule has 0 radical (unpaired) electrons. The molecule has 0 aliphatic rings. The minimum Gasteiger partial charge on any atom is -0.496 e. The lowest BCUT2D eigenvalue weighted by atomic mass is 9.94. The van der Waals surface area contributed by atoms with Crippen LogP contribution in [0.15, 0.2) is 18.2 Å². The van der Waals surface area contributed by atoms with Gasteiger partial charge in [0.25, 0.3) is 0 Å². The summed E-state index contributed by atoms with van der Waals surface area (Å²) in [4.78, 5) is 0. The predicted octanol–water partition coefficient (Wildman–Crippen LogP) is 3.54. The Kier molecular flexibility index (Phi) is 8.67. The molecule has 0 aromatic heterocycles. The van der Waals surface area contributed by atoms with Crippen LogP contribution in [0.5, 0.6) is 5.75 Å². The molecule has 0 fully saturated rings. The van der Waals surface area contributed by atoms with Gasteiger partial charge in [-0.05, 0) is 49.1 Å². The van der Waals surface area contributed by atoms with Crippen molar-refractivity contribution in [2.24, 2.45) is 5.92 Å². The zero-order valence-electron chi connectivity index (χ0n) is 12.7. The first kappa shape index (κ1) is 17.3. The van der Waals surface area contributed by atoms with E-state index in [1.165, 1.54) is 18.4 Å². The van der Waals surface area contributed by atoms with E-state index in [9.17, 15) is 0 Å². The van der Waals surface area contributed by atoms with Crippen LogP contribution in [0.2, 0.25) is 5.02 Å². The number of hydrogen-bond acceptors (Lipinski definition) is 3. The van der Waals surface area contributed by atoms with Gasteiger partial charge in [-0.25, -0.2) is 0 Å². The fraction of sp³-hybridized carbons (Fsp3) is 0.625. The van der Waals surface area contributed by atoms with Crippen molar-refractivity contribution in [3.05, 3.63) is 28.8 Å². The summed E-state index contributed by atoms with van der Waals surface area (Å²) in [5.74, 6) is 1.51. The van der Waals surface area contributed by atoms with Crippen molar-refractivity contribution >= 4 is 11.6 Å². The molecule has 4 heteroatoms. The summed E-state index contributed by atoms with van der Waals surface area (Å²) < 4.78 is 10.5. The maximum Gasteiger partial charge on any atom is 0.122 e. The van der Waals surface area contributed by atoms with Crippen LogP contribution in [0.1, 0.15) is 25.3 Å². The number of methoxy groups -OCH3 is 2. The third-order valence-corrected chi connectivity index (χ3v) is 3.60. The van der Waals surface area contributed by atoms with Crippen molar-refractivity contribution in [1.82, 2.24) is 5.32 Å². The fourth-order valence-corrected chi connectivity index (χ4v) is 2.58. The second-order valence-corrected chi connectivity index (χ2v) is 5.45. The third-order valence-electron chi connectivity index (χ3n) is 3.36. The summed E-state index contributed by atoms with van der Waals surface area (Å²) in [6.07, 6.45) is 3.35. The van der Waals surface area contributed by atoms with Gasteiger partial charge >= 0.3 is 0 Å². The summed E-state index contributed by atoms with van der Waals surface area (Å²) in [5.41, 5.74) is 1.19. The Morgan fingerprint density at radius 2 is 2.10 bits per heavy atom. The van der Waals surface area contributed by atoms with Gasteiger partial charge in [-0.1, -0.05) is 24.9 Å². The highest BCUT2D eigenvalue weighted by molar-refractivity contribution is 6.30. The molecule has 0 spiro atoms. The highest BCUT2D eigenvalue weighted by Gasteiger charge is 2.12. The number of hydrogen-bond donors (Lipinski definition) is 1. The largest absolute Gasteiger partial charge is 0.496 e. The van der Waals surface area contributed by atoms with E-state index in [-0.39, 0.29) is 0 Å². The molecule has 114 valence electrons. The average molecular weight is 300 g/mol. The topological polar surface area (TPSA) is 30.5 Å². The van der Waals surface area contributed by atoms with Crippen molar-refractivity contribution in [2.75, 3.05) is 33.9 Å². The fourth-order valence-electron chi connectivity index (χ4n) is 2.38. The lowest BCUT2D eigenvalue weighted by Crippen LogP contribution is -2.27. The summed E-state index contributed by atoms with van der Waals surface area (Å²) in [6, 6.07) is 5.83. The van der Waals surface area contributed by atoms with E-state index in [1.54, 1.807) is 14.2 Å². The van der Waals surface area contributed by atoms with Crippen LogP contribution in [-0.4, -0.2) is 33.9 Å². The molecule has 0 saturated carbocycles. The monoisotopic (exact) mass is 299 g/mol. The first-order valence-corrected chi connectivity index (χ1v) is 7.61. The van der Waals surface area contributed by atoms with Crippen LogP contribution in [0.4, 0.5) is 0 Å². The van der Waals surface area contributed by atoms with Crippen LogP contribution >= 0.6 is 11.6 Å². The molecule has 3 nitrogen and oxygen atoms in total. The van der Waals surface area contributed by atoms with Gasteiger partial charge in [-0.3, -0.25) is 0 Å². The van der Waals surface area contributed by atoms with Gasteiger partial charge in [-0.15, -0.1) is 0 Å². The number of nitrogens with one attached hydrogen (secondary N) is 1. The first-order chi connectivity index (χ1) is 9.71. The Labute approximate surface area is 127 Å². The maximum absolute atomic E-state index is 6.09. The molecule has 1 aromatic rings. The molecule has 0 bridgehead atoms. The Hall–Kier alpha value is -0.770. The molecule has 0 heterocycles. The minimum absolute atomic E-state index is 0.587.